The Balaban J connectivity index is 1.87. The van der Waals surface area contributed by atoms with Gasteiger partial charge in [-0.05, 0) is 50.5 Å². The molecular weight excluding hydrogens is 382 g/mol. The number of unbranched alkanes of at least 4 members (excludes halogenated alkanes) is 1. The van der Waals surface area contributed by atoms with E-state index in [2.05, 4.69) is 39.3 Å². The highest BCUT2D eigenvalue weighted by molar-refractivity contribution is 7.09. The minimum atomic E-state index is -0.00708. The Hall–Kier alpha value is -2.60. The van der Waals surface area contributed by atoms with Crippen molar-refractivity contribution in [3.63, 3.8) is 0 Å². The number of carbonyl (C=O) groups is 1. The maximum atomic E-state index is 12.7. The highest BCUT2D eigenvalue weighted by Crippen LogP contribution is 2.28. The molecule has 0 bridgehead atoms. The van der Waals surface area contributed by atoms with Gasteiger partial charge in [0.1, 0.15) is 5.75 Å². The molecular formula is C23H29N3O2S. The topological polar surface area (TPSA) is 56.2 Å². The first-order chi connectivity index (χ1) is 14.0. The van der Waals surface area contributed by atoms with E-state index in [-0.39, 0.29) is 5.91 Å². The number of nitrogens with one attached hydrogen (secondary N) is 1. The van der Waals surface area contributed by atoms with Gasteiger partial charge in [0, 0.05) is 24.2 Å². The number of amides is 1. The summed E-state index contributed by atoms with van der Waals surface area (Å²) in [5.74, 6) is 0.850. The number of aromatic nitrogens is 2. The number of thiazole rings is 1. The van der Waals surface area contributed by atoms with Crippen LogP contribution in [-0.4, -0.2) is 29.1 Å². The molecule has 0 aliphatic rings. The van der Waals surface area contributed by atoms with Crippen molar-refractivity contribution < 1.29 is 9.53 Å². The van der Waals surface area contributed by atoms with Crippen molar-refractivity contribution in [2.75, 3.05) is 13.7 Å². The fourth-order valence-corrected chi connectivity index (χ4v) is 3.97. The number of nitrogens with zero attached hydrogens (tertiary/aromatic N) is 2. The highest BCUT2D eigenvalue weighted by Gasteiger charge is 2.19. The maximum Gasteiger partial charge on any atom is 0.253 e. The summed E-state index contributed by atoms with van der Waals surface area (Å²) in [6.07, 6.45) is 2.92. The first kappa shape index (κ1) is 21.1. The highest BCUT2D eigenvalue weighted by atomic mass is 32.1. The van der Waals surface area contributed by atoms with Gasteiger partial charge >= 0.3 is 0 Å². The molecule has 0 saturated carbocycles. The molecule has 0 aliphatic heterocycles. The van der Waals surface area contributed by atoms with Crippen LogP contribution in [0.4, 0.5) is 0 Å². The zero-order valence-electron chi connectivity index (χ0n) is 17.6. The van der Waals surface area contributed by atoms with Crippen LogP contribution in [0.5, 0.6) is 5.75 Å². The fourth-order valence-electron chi connectivity index (χ4n) is 3.36. The summed E-state index contributed by atoms with van der Waals surface area (Å²) in [5, 5.41) is 6.13. The molecule has 2 aromatic heterocycles. The van der Waals surface area contributed by atoms with Gasteiger partial charge in [0.05, 0.1) is 29.1 Å². The van der Waals surface area contributed by atoms with E-state index >= 15 is 0 Å². The van der Waals surface area contributed by atoms with Gasteiger partial charge < -0.3 is 14.6 Å². The second-order valence-corrected chi connectivity index (χ2v) is 8.20. The standard InChI is InChI=1S/C23H29N3O2S/c1-5-6-12-24-23(27)20-14-22(21-15-29-17(3)25-21)26(16(20)2)13-11-18-7-9-19(28-4)10-8-18/h7-10,14-15H,5-6,11-13H2,1-4H3,(H,24,27). The monoisotopic (exact) mass is 411 g/mol. The van der Waals surface area contributed by atoms with Crippen LogP contribution in [0.15, 0.2) is 35.7 Å². The number of aryl methyl sites for hydroxylation is 2. The molecule has 3 aromatic rings. The van der Waals surface area contributed by atoms with Crippen LogP contribution in [-0.2, 0) is 13.0 Å². The van der Waals surface area contributed by atoms with Crippen LogP contribution in [0.25, 0.3) is 11.4 Å². The lowest BCUT2D eigenvalue weighted by Gasteiger charge is -2.12. The third-order valence-electron chi connectivity index (χ3n) is 5.09. The van der Waals surface area contributed by atoms with Crippen LogP contribution < -0.4 is 10.1 Å². The molecule has 154 valence electrons. The normalized spacial score (nSPS) is 10.9. The number of hydrogen-bond acceptors (Lipinski definition) is 4. The Morgan fingerprint density at radius 3 is 2.62 bits per heavy atom. The van der Waals surface area contributed by atoms with Gasteiger partial charge in [0.25, 0.3) is 5.91 Å². The molecule has 5 nitrogen and oxygen atoms in total. The summed E-state index contributed by atoms with van der Waals surface area (Å²) in [6.45, 7) is 7.63. The molecule has 0 saturated heterocycles. The molecule has 3 rings (SSSR count). The van der Waals surface area contributed by atoms with E-state index in [4.69, 9.17) is 4.74 Å². The Bertz CT molecular complexity index is 957. The fraction of sp³-hybridized carbons (Fsp3) is 0.391. The van der Waals surface area contributed by atoms with Crippen LogP contribution in [0.3, 0.4) is 0 Å². The van der Waals surface area contributed by atoms with Crippen LogP contribution in [0.2, 0.25) is 0 Å². The zero-order valence-corrected chi connectivity index (χ0v) is 18.4. The average molecular weight is 412 g/mol. The van der Waals surface area contributed by atoms with E-state index in [1.165, 1.54) is 5.56 Å². The van der Waals surface area contributed by atoms with Gasteiger partial charge in [0.2, 0.25) is 0 Å². The lowest BCUT2D eigenvalue weighted by Crippen LogP contribution is -2.24. The number of methoxy groups -OCH3 is 1. The Kier molecular flexibility index (Phi) is 7.09. The van der Waals surface area contributed by atoms with E-state index in [9.17, 15) is 4.79 Å². The first-order valence-corrected chi connectivity index (χ1v) is 10.9. The van der Waals surface area contributed by atoms with Crippen LogP contribution >= 0.6 is 11.3 Å². The van der Waals surface area contributed by atoms with Crippen LogP contribution in [0.1, 0.15) is 46.4 Å². The van der Waals surface area contributed by atoms with Gasteiger partial charge in [-0.2, -0.15) is 0 Å². The third-order valence-corrected chi connectivity index (χ3v) is 5.87. The SMILES string of the molecule is CCCCNC(=O)c1cc(-c2csc(C)n2)n(CCc2ccc(OC)cc2)c1C. The van der Waals surface area contributed by atoms with Crippen molar-refractivity contribution in [2.45, 2.75) is 46.6 Å². The minimum absolute atomic E-state index is 0.00708. The second-order valence-electron chi connectivity index (χ2n) is 7.14. The minimum Gasteiger partial charge on any atom is -0.497 e. The zero-order chi connectivity index (χ0) is 20.8. The molecule has 1 N–H and O–H groups in total. The van der Waals surface area contributed by atoms with Crippen molar-refractivity contribution >= 4 is 17.2 Å². The summed E-state index contributed by atoms with van der Waals surface area (Å²) in [5.41, 5.74) is 4.87. The Morgan fingerprint density at radius 2 is 2.00 bits per heavy atom. The smallest absolute Gasteiger partial charge is 0.253 e. The van der Waals surface area contributed by atoms with Gasteiger partial charge in [0.15, 0.2) is 0 Å². The summed E-state index contributed by atoms with van der Waals surface area (Å²) in [6, 6.07) is 10.1. The predicted molar refractivity (Wildman–Crippen MR) is 119 cm³/mol. The number of ether oxygens (including phenoxy) is 1. The van der Waals surface area contributed by atoms with Crippen LogP contribution in [0, 0.1) is 13.8 Å². The predicted octanol–water partition coefficient (Wildman–Crippen LogP) is 5.01. The second kappa shape index (κ2) is 9.74. The van der Waals surface area contributed by atoms with Crippen molar-refractivity contribution in [3.05, 3.63) is 57.5 Å². The van der Waals surface area contributed by atoms with Gasteiger partial charge in [-0.3, -0.25) is 4.79 Å². The molecule has 0 unspecified atom stereocenters. The molecule has 29 heavy (non-hydrogen) atoms. The quantitative estimate of drug-likeness (QED) is 0.504. The van der Waals surface area contributed by atoms with E-state index in [0.29, 0.717) is 6.54 Å². The van der Waals surface area contributed by atoms with E-state index in [1.807, 2.05) is 32.0 Å². The van der Waals surface area contributed by atoms with Crippen molar-refractivity contribution in [1.82, 2.24) is 14.9 Å². The van der Waals surface area contributed by atoms with Crippen molar-refractivity contribution in [3.8, 4) is 17.1 Å². The molecule has 0 fully saturated rings. The molecule has 1 amide bonds. The van der Waals surface area contributed by atoms with Gasteiger partial charge in [-0.1, -0.05) is 25.5 Å². The Labute approximate surface area is 176 Å². The molecule has 2 heterocycles. The molecule has 0 spiro atoms. The Morgan fingerprint density at radius 1 is 1.24 bits per heavy atom. The van der Waals surface area contributed by atoms with Gasteiger partial charge in [-0.25, -0.2) is 4.98 Å². The molecule has 6 heteroatoms. The number of benzene rings is 1. The number of carbonyl (C=O) groups excluding carboxylic acids is 1. The van der Waals surface area contributed by atoms with Crippen molar-refractivity contribution in [1.29, 1.82) is 0 Å². The summed E-state index contributed by atoms with van der Waals surface area (Å²) >= 11 is 1.63. The lowest BCUT2D eigenvalue weighted by molar-refractivity contribution is 0.0952. The summed E-state index contributed by atoms with van der Waals surface area (Å²) in [4.78, 5) is 17.4. The largest absolute Gasteiger partial charge is 0.497 e. The molecule has 0 radical (unpaired) electrons. The van der Waals surface area contributed by atoms with E-state index in [1.54, 1.807) is 18.4 Å². The number of hydrogen-bond donors (Lipinski definition) is 1. The van der Waals surface area contributed by atoms with E-state index < -0.39 is 0 Å². The lowest BCUT2D eigenvalue weighted by atomic mass is 10.1. The summed E-state index contributed by atoms with van der Waals surface area (Å²) < 4.78 is 7.46. The average Bonchev–Trinajstić information content (AvgIpc) is 3.30. The maximum absolute atomic E-state index is 12.7. The third kappa shape index (κ3) is 5.07. The molecule has 0 atom stereocenters. The van der Waals surface area contributed by atoms with Gasteiger partial charge in [-0.15, -0.1) is 11.3 Å². The molecule has 0 aliphatic carbocycles. The number of rotatable bonds is 9. The van der Waals surface area contributed by atoms with Crippen molar-refractivity contribution in [2.24, 2.45) is 0 Å². The summed E-state index contributed by atoms with van der Waals surface area (Å²) in [7, 11) is 1.67. The molecule has 1 aromatic carbocycles. The first-order valence-electron chi connectivity index (χ1n) is 10.1. The van der Waals surface area contributed by atoms with E-state index in [0.717, 1.165) is 59.2 Å².